The van der Waals surface area contributed by atoms with Gasteiger partial charge in [0.25, 0.3) is 0 Å². The summed E-state index contributed by atoms with van der Waals surface area (Å²) in [6, 6.07) is 0.283. The molecule has 0 radical (unpaired) electrons. The van der Waals surface area contributed by atoms with Crippen LogP contribution in [0.4, 0.5) is 0 Å². The van der Waals surface area contributed by atoms with Gasteiger partial charge in [0.05, 0.1) is 6.04 Å². The minimum Gasteiger partial charge on any atom is -0.412 e. The third kappa shape index (κ3) is 5.61. The molecule has 1 heterocycles. The maximum absolute atomic E-state index is 11.6. The van der Waals surface area contributed by atoms with Gasteiger partial charge in [-0.3, -0.25) is 10.1 Å². The van der Waals surface area contributed by atoms with Crippen LogP contribution < -0.4 is 10.6 Å². The normalized spacial score (nSPS) is 21.5. The van der Waals surface area contributed by atoms with Crippen molar-refractivity contribution in [3.63, 3.8) is 0 Å². The molecule has 0 aromatic rings. The van der Waals surface area contributed by atoms with E-state index in [-0.39, 0.29) is 35.9 Å². The fourth-order valence-corrected chi connectivity index (χ4v) is 2.00. The largest absolute Gasteiger partial charge is 0.412 e. The smallest absolute Gasteiger partial charge is 0.238 e. The van der Waals surface area contributed by atoms with Crippen LogP contribution in [0.3, 0.4) is 0 Å². The standard InChI is InChI=1S/C9H18N2OS.ClH.H2O/c1-6(2)7(3)11-9(12)8-4-13-5-10-8;;/h6-8,10H,4-5H2,1-3H3,(H,11,12);1H;1H2. The van der Waals surface area contributed by atoms with Gasteiger partial charge in [0, 0.05) is 17.7 Å². The van der Waals surface area contributed by atoms with E-state index in [2.05, 4.69) is 24.5 Å². The second-order valence-corrected chi connectivity index (χ2v) is 4.84. The van der Waals surface area contributed by atoms with Crippen molar-refractivity contribution in [1.82, 2.24) is 10.6 Å². The number of amides is 1. The summed E-state index contributed by atoms with van der Waals surface area (Å²) < 4.78 is 0. The molecule has 1 rings (SSSR count). The van der Waals surface area contributed by atoms with Gasteiger partial charge in [0.15, 0.2) is 0 Å². The number of carbonyl (C=O) groups excluding carboxylic acids is 1. The second kappa shape index (κ2) is 8.21. The molecular weight excluding hydrogens is 236 g/mol. The number of carbonyl (C=O) groups is 1. The Labute approximate surface area is 102 Å². The molecule has 4 N–H and O–H groups in total. The molecule has 2 atom stereocenters. The first-order valence-corrected chi connectivity index (χ1v) is 5.88. The van der Waals surface area contributed by atoms with E-state index in [0.717, 1.165) is 11.6 Å². The highest BCUT2D eigenvalue weighted by Gasteiger charge is 2.23. The first-order chi connectivity index (χ1) is 6.11. The summed E-state index contributed by atoms with van der Waals surface area (Å²) >= 11 is 1.77. The topological polar surface area (TPSA) is 72.6 Å². The van der Waals surface area contributed by atoms with Gasteiger partial charge < -0.3 is 10.8 Å². The van der Waals surface area contributed by atoms with Crippen LogP contribution in [0.15, 0.2) is 0 Å². The van der Waals surface area contributed by atoms with E-state index >= 15 is 0 Å². The first-order valence-electron chi connectivity index (χ1n) is 4.72. The minimum absolute atomic E-state index is 0. The van der Waals surface area contributed by atoms with Crippen LogP contribution in [0.5, 0.6) is 0 Å². The van der Waals surface area contributed by atoms with E-state index < -0.39 is 0 Å². The number of hydrogen-bond acceptors (Lipinski definition) is 3. The average molecular weight is 257 g/mol. The van der Waals surface area contributed by atoms with E-state index in [1.807, 2.05) is 6.92 Å². The summed E-state index contributed by atoms with van der Waals surface area (Å²) in [5.74, 6) is 2.44. The molecule has 2 unspecified atom stereocenters. The molecule has 92 valence electrons. The molecule has 1 aliphatic rings. The predicted octanol–water partition coefficient (Wildman–Crippen LogP) is 0.407. The molecule has 1 fully saturated rings. The summed E-state index contributed by atoms with van der Waals surface area (Å²) in [5, 5.41) is 6.16. The molecular formula is C9H21ClN2O2S. The Bertz CT molecular complexity index is 187. The highest BCUT2D eigenvalue weighted by molar-refractivity contribution is 7.99. The zero-order chi connectivity index (χ0) is 9.84. The highest BCUT2D eigenvalue weighted by Crippen LogP contribution is 2.10. The van der Waals surface area contributed by atoms with Gasteiger partial charge in [-0.1, -0.05) is 13.8 Å². The van der Waals surface area contributed by atoms with Gasteiger partial charge in [-0.2, -0.15) is 0 Å². The van der Waals surface area contributed by atoms with Crippen molar-refractivity contribution in [2.75, 3.05) is 11.6 Å². The number of hydrogen-bond donors (Lipinski definition) is 2. The van der Waals surface area contributed by atoms with Gasteiger partial charge >= 0.3 is 0 Å². The molecule has 1 aliphatic heterocycles. The average Bonchev–Trinajstić information content (AvgIpc) is 2.55. The molecule has 15 heavy (non-hydrogen) atoms. The maximum atomic E-state index is 11.6. The van der Waals surface area contributed by atoms with Gasteiger partial charge in [-0.15, -0.1) is 24.2 Å². The van der Waals surface area contributed by atoms with E-state index in [9.17, 15) is 4.79 Å². The van der Waals surface area contributed by atoms with Crippen molar-refractivity contribution in [3.05, 3.63) is 0 Å². The van der Waals surface area contributed by atoms with Crippen LogP contribution in [0.25, 0.3) is 0 Å². The predicted molar refractivity (Wildman–Crippen MR) is 67.6 cm³/mol. The lowest BCUT2D eigenvalue weighted by atomic mass is 10.1. The lowest BCUT2D eigenvalue weighted by Crippen LogP contribution is -2.46. The molecule has 0 aliphatic carbocycles. The van der Waals surface area contributed by atoms with Gasteiger partial charge in [0.1, 0.15) is 0 Å². The summed E-state index contributed by atoms with van der Waals surface area (Å²) in [6.45, 7) is 6.27. The van der Waals surface area contributed by atoms with Crippen LogP contribution in [-0.2, 0) is 4.79 Å². The zero-order valence-electron chi connectivity index (χ0n) is 9.37. The van der Waals surface area contributed by atoms with Crippen LogP contribution >= 0.6 is 24.2 Å². The molecule has 0 saturated carbocycles. The molecule has 6 heteroatoms. The SMILES string of the molecule is CC(C)C(C)NC(=O)C1CSCN1.Cl.O. The zero-order valence-corrected chi connectivity index (χ0v) is 11.0. The molecule has 0 spiro atoms. The Kier molecular flexibility index (Phi) is 9.54. The van der Waals surface area contributed by atoms with Crippen LogP contribution in [0.2, 0.25) is 0 Å². The van der Waals surface area contributed by atoms with E-state index in [1.54, 1.807) is 11.8 Å². The lowest BCUT2D eigenvalue weighted by Gasteiger charge is -2.19. The molecule has 4 nitrogen and oxygen atoms in total. The van der Waals surface area contributed by atoms with Crippen molar-refractivity contribution in [2.45, 2.75) is 32.9 Å². The number of nitrogens with one attached hydrogen (secondary N) is 2. The molecule has 1 saturated heterocycles. The fourth-order valence-electron chi connectivity index (χ4n) is 1.06. The fraction of sp³-hybridized carbons (Fsp3) is 0.889. The summed E-state index contributed by atoms with van der Waals surface area (Å²) in [7, 11) is 0. The van der Waals surface area contributed by atoms with Gasteiger partial charge in [-0.05, 0) is 12.8 Å². The van der Waals surface area contributed by atoms with E-state index in [1.165, 1.54) is 0 Å². The van der Waals surface area contributed by atoms with Gasteiger partial charge in [-0.25, -0.2) is 0 Å². The third-order valence-corrected chi connectivity index (χ3v) is 3.34. The molecule has 0 aromatic heterocycles. The second-order valence-electron chi connectivity index (χ2n) is 3.81. The summed E-state index contributed by atoms with van der Waals surface area (Å²) in [4.78, 5) is 11.6. The van der Waals surface area contributed by atoms with Crippen molar-refractivity contribution in [1.29, 1.82) is 0 Å². The Morgan fingerprint density at radius 1 is 1.47 bits per heavy atom. The number of halogens is 1. The van der Waals surface area contributed by atoms with Crippen molar-refractivity contribution in [2.24, 2.45) is 5.92 Å². The number of thioether (sulfide) groups is 1. The Balaban J connectivity index is 0. The monoisotopic (exact) mass is 256 g/mol. The highest BCUT2D eigenvalue weighted by atomic mass is 35.5. The Morgan fingerprint density at radius 2 is 2.07 bits per heavy atom. The van der Waals surface area contributed by atoms with Gasteiger partial charge in [0.2, 0.25) is 5.91 Å². The van der Waals surface area contributed by atoms with Crippen LogP contribution in [0.1, 0.15) is 20.8 Å². The molecule has 0 aromatic carbocycles. The molecule has 1 amide bonds. The van der Waals surface area contributed by atoms with Crippen LogP contribution in [0, 0.1) is 5.92 Å². The van der Waals surface area contributed by atoms with Crippen molar-refractivity contribution in [3.8, 4) is 0 Å². The third-order valence-electron chi connectivity index (χ3n) is 2.40. The first kappa shape index (κ1) is 17.4. The van der Waals surface area contributed by atoms with Crippen molar-refractivity contribution < 1.29 is 10.3 Å². The maximum Gasteiger partial charge on any atom is 0.238 e. The Morgan fingerprint density at radius 3 is 2.47 bits per heavy atom. The summed E-state index contributed by atoms with van der Waals surface area (Å²) in [5.41, 5.74) is 0. The Hall–Kier alpha value is 0.0300. The minimum atomic E-state index is 0. The summed E-state index contributed by atoms with van der Waals surface area (Å²) in [6.07, 6.45) is 0. The van der Waals surface area contributed by atoms with E-state index in [4.69, 9.17) is 0 Å². The quantitative estimate of drug-likeness (QED) is 0.768. The number of rotatable bonds is 3. The van der Waals surface area contributed by atoms with E-state index in [0.29, 0.717) is 5.92 Å². The van der Waals surface area contributed by atoms with Crippen molar-refractivity contribution >= 4 is 30.1 Å². The van der Waals surface area contributed by atoms with Crippen LogP contribution in [-0.4, -0.2) is 35.1 Å². The molecule has 0 bridgehead atoms. The lowest BCUT2D eigenvalue weighted by molar-refractivity contribution is -0.123.